The summed E-state index contributed by atoms with van der Waals surface area (Å²) in [6.07, 6.45) is -0.613. The van der Waals surface area contributed by atoms with Crippen LogP contribution < -0.4 is 9.47 Å². The van der Waals surface area contributed by atoms with Crippen LogP contribution in [0.2, 0.25) is 0 Å². The van der Waals surface area contributed by atoms with Crippen molar-refractivity contribution in [1.82, 2.24) is 0 Å². The van der Waals surface area contributed by atoms with Crippen molar-refractivity contribution in [3.8, 4) is 11.5 Å². The number of rotatable bonds is 7. The van der Waals surface area contributed by atoms with Crippen molar-refractivity contribution in [2.24, 2.45) is 0 Å². The molecule has 0 aliphatic rings. The molecule has 18 heavy (non-hydrogen) atoms. The number of carboxylic acid groups (broad SMARTS) is 1. The summed E-state index contributed by atoms with van der Waals surface area (Å²) in [7, 11) is 0. The van der Waals surface area contributed by atoms with E-state index >= 15 is 0 Å². The van der Waals surface area contributed by atoms with Gasteiger partial charge in [0.15, 0.2) is 17.6 Å². The zero-order chi connectivity index (χ0) is 13.5. The van der Waals surface area contributed by atoms with E-state index in [0.29, 0.717) is 30.1 Å². The molecule has 0 bridgehead atoms. The van der Waals surface area contributed by atoms with E-state index in [-0.39, 0.29) is 6.61 Å². The normalized spacial score (nSPS) is 11.9. The molecule has 0 radical (unpaired) electrons. The number of carboxylic acids is 1. The Morgan fingerprint density at radius 2 is 2.11 bits per heavy atom. The summed E-state index contributed by atoms with van der Waals surface area (Å²) < 4.78 is 10.8. The molecule has 0 aliphatic heterocycles. The summed E-state index contributed by atoms with van der Waals surface area (Å²) in [6, 6.07) is 5.09. The average molecular weight is 254 g/mol. The van der Waals surface area contributed by atoms with Crippen LogP contribution in [-0.4, -0.2) is 28.9 Å². The minimum Gasteiger partial charge on any atom is -0.490 e. The van der Waals surface area contributed by atoms with E-state index in [2.05, 4.69) is 0 Å². The van der Waals surface area contributed by atoms with Gasteiger partial charge >= 0.3 is 5.97 Å². The monoisotopic (exact) mass is 254 g/mol. The first kappa shape index (κ1) is 14.3. The number of aliphatic carboxylic acids is 1. The van der Waals surface area contributed by atoms with Crippen LogP contribution in [0.3, 0.4) is 0 Å². The van der Waals surface area contributed by atoms with Crippen molar-refractivity contribution in [2.45, 2.75) is 33.0 Å². The maximum absolute atomic E-state index is 11.0. The standard InChI is InChI=1S/C13H18O5/c1-3-10(13(15)16)18-12-9(8-14)6-5-7-11(12)17-4-2/h5-7,10,14H,3-4,8H2,1-2H3,(H,15,16). The molecule has 0 aromatic heterocycles. The topological polar surface area (TPSA) is 76.0 Å². The second-order valence-corrected chi connectivity index (χ2v) is 3.69. The summed E-state index contributed by atoms with van der Waals surface area (Å²) in [4.78, 5) is 11.0. The number of hydrogen-bond acceptors (Lipinski definition) is 4. The van der Waals surface area contributed by atoms with Gasteiger partial charge in [0, 0.05) is 5.56 Å². The van der Waals surface area contributed by atoms with Gasteiger partial charge in [0.05, 0.1) is 13.2 Å². The molecule has 1 aromatic rings. The summed E-state index contributed by atoms with van der Waals surface area (Å²) in [6.45, 7) is 3.76. The van der Waals surface area contributed by atoms with Gasteiger partial charge in [-0.3, -0.25) is 0 Å². The van der Waals surface area contributed by atoms with Gasteiger partial charge in [-0.25, -0.2) is 4.79 Å². The lowest BCUT2D eigenvalue weighted by atomic mass is 10.2. The Bertz CT molecular complexity index is 402. The Labute approximate surface area is 106 Å². The van der Waals surface area contributed by atoms with Gasteiger partial charge in [0.1, 0.15) is 0 Å². The van der Waals surface area contributed by atoms with Crippen LogP contribution in [0.1, 0.15) is 25.8 Å². The van der Waals surface area contributed by atoms with Gasteiger partial charge in [0.25, 0.3) is 0 Å². The molecule has 0 fully saturated rings. The number of ether oxygens (including phenoxy) is 2. The van der Waals surface area contributed by atoms with Gasteiger partial charge in [0.2, 0.25) is 0 Å². The third-order valence-corrected chi connectivity index (χ3v) is 2.44. The first-order valence-corrected chi connectivity index (χ1v) is 5.89. The molecule has 0 spiro atoms. The average Bonchev–Trinajstić information content (AvgIpc) is 2.36. The highest BCUT2D eigenvalue weighted by Crippen LogP contribution is 2.32. The Hall–Kier alpha value is -1.75. The lowest BCUT2D eigenvalue weighted by Crippen LogP contribution is -2.26. The molecule has 0 heterocycles. The zero-order valence-electron chi connectivity index (χ0n) is 10.5. The first-order valence-electron chi connectivity index (χ1n) is 5.89. The van der Waals surface area contributed by atoms with Gasteiger partial charge in [-0.2, -0.15) is 0 Å². The SMILES string of the molecule is CCOc1cccc(CO)c1OC(CC)C(=O)O. The highest BCUT2D eigenvalue weighted by molar-refractivity contribution is 5.73. The van der Waals surface area contributed by atoms with Crippen LogP contribution in [0, 0.1) is 0 Å². The van der Waals surface area contributed by atoms with Gasteiger partial charge in [-0.15, -0.1) is 0 Å². The molecule has 0 saturated heterocycles. The molecule has 0 amide bonds. The fourth-order valence-electron chi connectivity index (χ4n) is 1.54. The molecular formula is C13H18O5. The van der Waals surface area contributed by atoms with E-state index in [9.17, 15) is 9.90 Å². The van der Waals surface area contributed by atoms with Crippen LogP contribution in [0.25, 0.3) is 0 Å². The number of aliphatic hydroxyl groups excluding tert-OH is 1. The number of aliphatic hydroxyl groups is 1. The smallest absolute Gasteiger partial charge is 0.344 e. The summed E-state index contributed by atoms with van der Waals surface area (Å²) in [5.41, 5.74) is 0.514. The molecule has 100 valence electrons. The van der Waals surface area contributed by atoms with Crippen molar-refractivity contribution in [3.05, 3.63) is 23.8 Å². The van der Waals surface area contributed by atoms with E-state index in [1.54, 1.807) is 25.1 Å². The van der Waals surface area contributed by atoms with Crippen molar-refractivity contribution in [3.63, 3.8) is 0 Å². The van der Waals surface area contributed by atoms with Crippen LogP contribution in [-0.2, 0) is 11.4 Å². The van der Waals surface area contributed by atoms with Crippen molar-refractivity contribution in [1.29, 1.82) is 0 Å². The van der Waals surface area contributed by atoms with E-state index in [4.69, 9.17) is 14.6 Å². The molecule has 0 saturated carbocycles. The minimum atomic E-state index is -1.03. The Morgan fingerprint density at radius 1 is 1.39 bits per heavy atom. The lowest BCUT2D eigenvalue weighted by Gasteiger charge is -2.18. The predicted molar refractivity (Wildman–Crippen MR) is 65.9 cm³/mol. The Morgan fingerprint density at radius 3 is 2.61 bits per heavy atom. The summed E-state index contributed by atoms with van der Waals surface area (Å²) >= 11 is 0. The van der Waals surface area contributed by atoms with Gasteiger partial charge in [-0.05, 0) is 19.4 Å². The van der Waals surface area contributed by atoms with Gasteiger partial charge < -0.3 is 19.7 Å². The van der Waals surface area contributed by atoms with E-state index < -0.39 is 12.1 Å². The molecule has 2 N–H and O–H groups in total. The van der Waals surface area contributed by atoms with Crippen molar-refractivity contribution < 1.29 is 24.5 Å². The molecule has 1 rings (SSSR count). The fourth-order valence-corrected chi connectivity index (χ4v) is 1.54. The first-order chi connectivity index (χ1) is 8.63. The molecule has 1 unspecified atom stereocenters. The van der Waals surface area contributed by atoms with Crippen LogP contribution in [0.5, 0.6) is 11.5 Å². The molecule has 0 aliphatic carbocycles. The third-order valence-electron chi connectivity index (χ3n) is 2.44. The van der Waals surface area contributed by atoms with E-state index in [0.717, 1.165) is 0 Å². The second kappa shape index (κ2) is 6.86. The number of carbonyl (C=O) groups is 1. The Balaban J connectivity index is 3.06. The molecule has 1 atom stereocenters. The fraction of sp³-hybridized carbons (Fsp3) is 0.462. The largest absolute Gasteiger partial charge is 0.490 e. The molecule has 5 nitrogen and oxygen atoms in total. The Kier molecular flexibility index (Phi) is 5.45. The summed E-state index contributed by atoms with van der Waals surface area (Å²) in [5, 5.41) is 18.2. The van der Waals surface area contributed by atoms with Crippen molar-refractivity contribution in [2.75, 3.05) is 6.61 Å². The number of benzene rings is 1. The quantitative estimate of drug-likeness (QED) is 0.776. The van der Waals surface area contributed by atoms with Crippen LogP contribution >= 0.6 is 0 Å². The maximum Gasteiger partial charge on any atom is 0.344 e. The number of hydrogen-bond donors (Lipinski definition) is 2. The highest BCUT2D eigenvalue weighted by Gasteiger charge is 2.21. The molecule has 5 heteroatoms. The molecule has 1 aromatic carbocycles. The van der Waals surface area contributed by atoms with Gasteiger partial charge in [-0.1, -0.05) is 19.1 Å². The lowest BCUT2D eigenvalue weighted by molar-refractivity contribution is -0.145. The third kappa shape index (κ3) is 3.37. The van der Waals surface area contributed by atoms with Crippen molar-refractivity contribution >= 4 is 5.97 Å². The highest BCUT2D eigenvalue weighted by atomic mass is 16.5. The predicted octanol–water partition coefficient (Wildman–Crippen LogP) is 1.82. The molecular weight excluding hydrogens is 236 g/mol. The van der Waals surface area contributed by atoms with Crippen LogP contribution in [0.4, 0.5) is 0 Å². The van der Waals surface area contributed by atoms with E-state index in [1.807, 2.05) is 6.92 Å². The maximum atomic E-state index is 11.0. The second-order valence-electron chi connectivity index (χ2n) is 3.69. The zero-order valence-corrected chi connectivity index (χ0v) is 10.5. The minimum absolute atomic E-state index is 0.230. The van der Waals surface area contributed by atoms with E-state index in [1.165, 1.54) is 0 Å². The van der Waals surface area contributed by atoms with Crippen LogP contribution in [0.15, 0.2) is 18.2 Å². The summed E-state index contributed by atoms with van der Waals surface area (Å²) in [5.74, 6) is -0.285. The number of para-hydroxylation sites is 1.